The van der Waals surface area contributed by atoms with Gasteiger partial charge in [-0.3, -0.25) is 0 Å². The second-order valence-electron chi connectivity index (χ2n) is 2.30. The summed E-state index contributed by atoms with van der Waals surface area (Å²) in [6.07, 6.45) is 1.59. The van der Waals surface area contributed by atoms with Gasteiger partial charge in [-0.1, -0.05) is 0 Å². The zero-order valence-corrected chi connectivity index (χ0v) is 6.71. The lowest BCUT2D eigenvalue weighted by Gasteiger charge is -2.00. The van der Waals surface area contributed by atoms with Crippen molar-refractivity contribution in [3.63, 3.8) is 0 Å². The van der Waals surface area contributed by atoms with E-state index in [2.05, 4.69) is 9.84 Å². The first-order valence-corrected chi connectivity index (χ1v) is 4.44. The lowest BCUT2D eigenvalue weighted by molar-refractivity contribution is -0.136. The summed E-state index contributed by atoms with van der Waals surface area (Å²) in [5.74, 6) is -0.633. The molecule has 0 spiro atoms. The maximum absolute atomic E-state index is 10.8. The molecule has 0 radical (unpaired) electrons. The third kappa shape index (κ3) is 2.54. The largest absolute Gasteiger partial charge is 0.750 e. The number of carbonyl (C=O) groups is 1. The van der Waals surface area contributed by atoms with E-state index in [1.807, 2.05) is 0 Å². The van der Waals surface area contributed by atoms with E-state index >= 15 is 0 Å². The summed E-state index contributed by atoms with van der Waals surface area (Å²) >= 11 is 0. The molecule has 11 heavy (non-hydrogen) atoms. The summed E-state index contributed by atoms with van der Waals surface area (Å²) in [5, 5.41) is 2.85. The molecule has 2 N–H and O–H groups in total. The third-order valence-electron chi connectivity index (χ3n) is 1.51. The molecule has 0 aromatic rings. The van der Waals surface area contributed by atoms with Crippen LogP contribution >= 0.6 is 8.25 Å². The Kier molecular flexibility index (Phi) is 2.93. The van der Waals surface area contributed by atoms with Gasteiger partial charge in [0.2, 0.25) is 0 Å². The van der Waals surface area contributed by atoms with Crippen molar-refractivity contribution in [2.24, 2.45) is 0 Å². The van der Waals surface area contributed by atoms with Gasteiger partial charge < -0.3 is 5.32 Å². The fraction of sp³-hybridized carbons (Fsp3) is 0.800. The standard InChI is InChI=1S/C5H8NO4P/c7-5(10-11(8)9)4-2-1-3-6-4/h4,6H,1-3H2/p+1/t4-/m1/s1. The molecule has 1 aliphatic rings. The maximum atomic E-state index is 10.8. The van der Waals surface area contributed by atoms with Crippen LogP contribution in [-0.4, -0.2) is 23.4 Å². The molecule has 0 aromatic carbocycles. The van der Waals surface area contributed by atoms with Gasteiger partial charge in [0, 0.05) is 4.57 Å². The van der Waals surface area contributed by atoms with E-state index in [1.165, 1.54) is 0 Å². The van der Waals surface area contributed by atoms with E-state index in [4.69, 9.17) is 4.89 Å². The van der Waals surface area contributed by atoms with Gasteiger partial charge in [-0.15, -0.1) is 4.89 Å². The molecule has 2 atom stereocenters. The van der Waals surface area contributed by atoms with E-state index in [0.29, 0.717) is 6.42 Å². The molecule has 62 valence electrons. The topological polar surface area (TPSA) is 75.6 Å². The Hall–Kier alpha value is -0.510. The molecular formula is C5H9NO4P+. The van der Waals surface area contributed by atoms with Crippen molar-refractivity contribution in [1.82, 2.24) is 5.32 Å². The highest BCUT2D eigenvalue weighted by Crippen LogP contribution is 2.18. The van der Waals surface area contributed by atoms with Gasteiger partial charge in [-0.2, -0.15) is 4.52 Å². The average molecular weight is 178 g/mol. The van der Waals surface area contributed by atoms with Crippen LogP contribution in [0, 0.1) is 0 Å². The number of rotatable bonds is 2. The van der Waals surface area contributed by atoms with Crippen LogP contribution in [0.5, 0.6) is 0 Å². The van der Waals surface area contributed by atoms with E-state index < -0.39 is 14.2 Å². The Morgan fingerprint density at radius 1 is 1.73 bits per heavy atom. The SMILES string of the molecule is O=C(O[P+](=O)O)[C@H]1CCCN1. The first-order chi connectivity index (χ1) is 5.20. The molecule has 0 amide bonds. The minimum atomic E-state index is -2.80. The average Bonchev–Trinajstić information content (AvgIpc) is 2.35. The third-order valence-corrected chi connectivity index (χ3v) is 1.85. The Balaban J connectivity index is 2.34. The molecule has 5 nitrogen and oxygen atoms in total. The van der Waals surface area contributed by atoms with Gasteiger partial charge in [0.05, 0.1) is 0 Å². The second-order valence-corrected chi connectivity index (χ2v) is 2.96. The van der Waals surface area contributed by atoms with Crippen LogP contribution in [0.1, 0.15) is 12.8 Å². The van der Waals surface area contributed by atoms with Crippen LogP contribution in [0.4, 0.5) is 0 Å². The van der Waals surface area contributed by atoms with Crippen molar-refractivity contribution in [2.45, 2.75) is 18.9 Å². The first-order valence-electron chi connectivity index (χ1n) is 3.31. The van der Waals surface area contributed by atoms with Crippen molar-refractivity contribution in [3.8, 4) is 0 Å². The predicted octanol–water partition coefficient (Wildman–Crippen LogP) is -0.0687. The number of hydrogen-bond acceptors (Lipinski definition) is 4. The summed E-state index contributed by atoms with van der Waals surface area (Å²) in [4.78, 5) is 19.0. The van der Waals surface area contributed by atoms with Crippen LogP contribution in [0.3, 0.4) is 0 Å². The molecule has 1 rings (SSSR count). The molecule has 6 heteroatoms. The summed E-state index contributed by atoms with van der Waals surface area (Å²) in [5.41, 5.74) is 0. The highest BCUT2D eigenvalue weighted by Gasteiger charge is 2.30. The number of nitrogens with one attached hydrogen (secondary N) is 1. The highest BCUT2D eigenvalue weighted by atomic mass is 31.1. The first kappa shape index (κ1) is 8.59. The normalized spacial score (nSPS) is 24.8. The molecule has 0 aromatic heterocycles. The Bertz CT molecular complexity index is 177. The van der Waals surface area contributed by atoms with E-state index in [1.54, 1.807) is 0 Å². The molecule has 1 aliphatic heterocycles. The van der Waals surface area contributed by atoms with E-state index in [-0.39, 0.29) is 6.04 Å². The van der Waals surface area contributed by atoms with Gasteiger partial charge in [-0.25, -0.2) is 4.79 Å². The Morgan fingerprint density at radius 2 is 2.45 bits per heavy atom. The molecule has 1 saturated heterocycles. The van der Waals surface area contributed by atoms with Gasteiger partial charge in [0.25, 0.3) is 0 Å². The van der Waals surface area contributed by atoms with Gasteiger partial charge in [0.15, 0.2) is 0 Å². The number of hydrogen-bond donors (Lipinski definition) is 2. The smallest absolute Gasteiger partial charge is 0.304 e. The van der Waals surface area contributed by atoms with E-state index in [9.17, 15) is 9.36 Å². The summed E-state index contributed by atoms with van der Waals surface area (Å²) in [6.45, 7) is 0.766. The Labute approximate surface area is 64.7 Å². The predicted molar refractivity (Wildman–Crippen MR) is 36.9 cm³/mol. The van der Waals surface area contributed by atoms with Gasteiger partial charge >= 0.3 is 14.2 Å². The molecule has 1 unspecified atom stereocenters. The fourth-order valence-corrected chi connectivity index (χ4v) is 1.31. The molecule has 1 heterocycles. The fourth-order valence-electron chi connectivity index (χ4n) is 1.03. The van der Waals surface area contributed by atoms with Crippen LogP contribution in [0.15, 0.2) is 0 Å². The van der Waals surface area contributed by atoms with E-state index in [0.717, 1.165) is 13.0 Å². The van der Waals surface area contributed by atoms with Crippen molar-refractivity contribution in [3.05, 3.63) is 0 Å². The van der Waals surface area contributed by atoms with Crippen LogP contribution in [-0.2, 0) is 13.9 Å². The summed E-state index contributed by atoms with van der Waals surface area (Å²) in [7, 11) is -2.80. The summed E-state index contributed by atoms with van der Waals surface area (Å²) in [6, 6.07) is -0.388. The lowest BCUT2D eigenvalue weighted by Crippen LogP contribution is -2.31. The van der Waals surface area contributed by atoms with Crippen LogP contribution < -0.4 is 5.32 Å². The molecular weight excluding hydrogens is 169 g/mol. The van der Waals surface area contributed by atoms with Gasteiger partial charge in [0.1, 0.15) is 6.04 Å². The van der Waals surface area contributed by atoms with Crippen LogP contribution in [0.25, 0.3) is 0 Å². The molecule has 0 saturated carbocycles. The van der Waals surface area contributed by atoms with Crippen molar-refractivity contribution in [1.29, 1.82) is 0 Å². The lowest BCUT2D eigenvalue weighted by atomic mass is 10.2. The Morgan fingerprint density at radius 3 is 2.91 bits per heavy atom. The second kappa shape index (κ2) is 3.76. The zero-order chi connectivity index (χ0) is 8.27. The van der Waals surface area contributed by atoms with Crippen molar-refractivity contribution < 1.29 is 18.8 Å². The minimum absolute atomic E-state index is 0.388. The highest BCUT2D eigenvalue weighted by molar-refractivity contribution is 7.32. The maximum Gasteiger partial charge on any atom is 0.750 e. The molecule has 1 fully saturated rings. The van der Waals surface area contributed by atoms with Crippen LogP contribution in [0.2, 0.25) is 0 Å². The number of carbonyl (C=O) groups excluding carboxylic acids is 1. The zero-order valence-electron chi connectivity index (χ0n) is 5.82. The quantitative estimate of drug-likeness (QED) is 0.579. The monoisotopic (exact) mass is 178 g/mol. The summed E-state index contributed by atoms with van der Waals surface area (Å²) < 4.78 is 14.1. The molecule has 0 aliphatic carbocycles. The molecule has 0 bridgehead atoms. The van der Waals surface area contributed by atoms with Crippen molar-refractivity contribution in [2.75, 3.05) is 6.54 Å². The van der Waals surface area contributed by atoms with Crippen molar-refractivity contribution >= 4 is 14.2 Å². The minimum Gasteiger partial charge on any atom is -0.304 e. The van der Waals surface area contributed by atoms with Gasteiger partial charge in [-0.05, 0) is 19.4 Å².